The molecule has 0 rings (SSSR count). The van der Waals surface area contributed by atoms with Gasteiger partial charge in [0.05, 0.1) is 25.4 Å². The molecule has 0 amide bonds. The molecule has 0 aromatic heterocycles. The molecular formula is C17H33NO4S. The standard InChI is InChI=1S/C17H33NO4S/c1-7-14(19)17(5,6)18-8-9-21-10-11-22-12-15(20)16(3,4)13(2)23/h13,18,23H,7-12H2,1-6H3. The second-order valence-corrected chi connectivity index (χ2v) is 7.59. The van der Waals surface area contributed by atoms with Crippen molar-refractivity contribution in [1.29, 1.82) is 0 Å². The number of thiol groups is 1. The van der Waals surface area contributed by atoms with Crippen molar-refractivity contribution in [2.24, 2.45) is 5.41 Å². The van der Waals surface area contributed by atoms with Gasteiger partial charge in [-0.05, 0) is 13.8 Å². The van der Waals surface area contributed by atoms with Gasteiger partial charge in [-0.2, -0.15) is 12.6 Å². The van der Waals surface area contributed by atoms with E-state index in [1.54, 1.807) is 0 Å². The molecule has 0 fully saturated rings. The van der Waals surface area contributed by atoms with Crippen molar-refractivity contribution >= 4 is 24.2 Å². The van der Waals surface area contributed by atoms with Gasteiger partial charge in [0, 0.05) is 23.6 Å². The predicted octanol–water partition coefficient (Wildman–Crippen LogP) is 2.28. The largest absolute Gasteiger partial charge is 0.378 e. The van der Waals surface area contributed by atoms with E-state index in [1.165, 1.54) is 0 Å². The molecule has 23 heavy (non-hydrogen) atoms. The Morgan fingerprint density at radius 3 is 2.13 bits per heavy atom. The second kappa shape index (κ2) is 10.4. The SMILES string of the molecule is CCC(=O)C(C)(C)NCCOCCOCC(=O)C(C)(C)C(C)S. The molecule has 0 aliphatic heterocycles. The molecule has 1 unspecified atom stereocenters. The molecule has 0 heterocycles. The van der Waals surface area contributed by atoms with Crippen LogP contribution in [0.15, 0.2) is 0 Å². The molecule has 0 aliphatic carbocycles. The van der Waals surface area contributed by atoms with Gasteiger partial charge in [0.2, 0.25) is 0 Å². The van der Waals surface area contributed by atoms with Crippen LogP contribution in [0.2, 0.25) is 0 Å². The van der Waals surface area contributed by atoms with E-state index < -0.39 is 11.0 Å². The van der Waals surface area contributed by atoms with E-state index in [9.17, 15) is 9.59 Å². The lowest BCUT2D eigenvalue weighted by atomic mass is 9.85. The highest BCUT2D eigenvalue weighted by molar-refractivity contribution is 7.81. The van der Waals surface area contributed by atoms with Crippen molar-refractivity contribution in [3.63, 3.8) is 0 Å². The zero-order valence-electron chi connectivity index (χ0n) is 15.4. The number of nitrogens with one attached hydrogen (secondary N) is 1. The molecule has 136 valence electrons. The summed E-state index contributed by atoms with van der Waals surface area (Å²) in [6.07, 6.45) is 0.518. The minimum absolute atomic E-state index is 0.0184. The maximum Gasteiger partial charge on any atom is 0.165 e. The molecule has 6 heteroatoms. The van der Waals surface area contributed by atoms with Gasteiger partial charge in [0.25, 0.3) is 0 Å². The Kier molecular flexibility index (Phi) is 10.2. The van der Waals surface area contributed by atoms with Crippen LogP contribution in [0.1, 0.15) is 48.0 Å². The lowest BCUT2D eigenvalue weighted by molar-refractivity contribution is -0.132. The number of ketones is 2. The van der Waals surface area contributed by atoms with E-state index in [4.69, 9.17) is 9.47 Å². The lowest BCUT2D eigenvalue weighted by Gasteiger charge is -2.26. The smallest absolute Gasteiger partial charge is 0.165 e. The van der Waals surface area contributed by atoms with Gasteiger partial charge in [0.1, 0.15) is 6.61 Å². The summed E-state index contributed by atoms with van der Waals surface area (Å²) in [5, 5.41) is 3.15. The zero-order valence-corrected chi connectivity index (χ0v) is 16.3. The summed E-state index contributed by atoms with van der Waals surface area (Å²) < 4.78 is 10.8. The molecular weight excluding hydrogens is 314 g/mol. The zero-order chi connectivity index (χ0) is 18.1. The van der Waals surface area contributed by atoms with Crippen LogP contribution in [0.3, 0.4) is 0 Å². The Morgan fingerprint density at radius 1 is 1.04 bits per heavy atom. The van der Waals surface area contributed by atoms with Crippen molar-refractivity contribution in [2.45, 2.75) is 58.8 Å². The highest BCUT2D eigenvalue weighted by Crippen LogP contribution is 2.25. The monoisotopic (exact) mass is 347 g/mol. The van der Waals surface area contributed by atoms with Crippen LogP contribution in [-0.2, 0) is 19.1 Å². The van der Waals surface area contributed by atoms with E-state index in [1.807, 2.05) is 41.5 Å². The number of hydrogen-bond acceptors (Lipinski definition) is 6. The topological polar surface area (TPSA) is 64.6 Å². The fraction of sp³-hybridized carbons (Fsp3) is 0.882. The van der Waals surface area contributed by atoms with E-state index in [0.717, 1.165) is 0 Å². The Bertz CT molecular complexity index is 381. The normalized spacial score (nSPS) is 13.9. The summed E-state index contributed by atoms with van der Waals surface area (Å²) in [5.74, 6) is 0.224. The van der Waals surface area contributed by atoms with Gasteiger partial charge in [-0.25, -0.2) is 0 Å². The maximum absolute atomic E-state index is 12.0. The Balaban J connectivity index is 3.72. The highest BCUT2D eigenvalue weighted by atomic mass is 32.1. The first-order chi connectivity index (χ1) is 10.6. The maximum atomic E-state index is 12.0. The third kappa shape index (κ3) is 8.29. The van der Waals surface area contributed by atoms with E-state index in [-0.39, 0.29) is 23.4 Å². The fourth-order valence-electron chi connectivity index (χ4n) is 1.78. The molecule has 0 bridgehead atoms. The van der Waals surface area contributed by atoms with Gasteiger partial charge in [-0.3, -0.25) is 9.59 Å². The van der Waals surface area contributed by atoms with Crippen molar-refractivity contribution in [2.75, 3.05) is 33.0 Å². The minimum atomic E-state index is -0.518. The molecule has 0 saturated carbocycles. The number of rotatable bonds is 13. The summed E-state index contributed by atoms with van der Waals surface area (Å²) in [6, 6.07) is 0. The minimum Gasteiger partial charge on any atom is -0.378 e. The second-order valence-electron chi connectivity index (χ2n) is 6.81. The van der Waals surface area contributed by atoms with Crippen molar-refractivity contribution in [3.05, 3.63) is 0 Å². The average molecular weight is 348 g/mol. The van der Waals surface area contributed by atoms with Gasteiger partial charge in [-0.15, -0.1) is 0 Å². The van der Waals surface area contributed by atoms with Crippen LogP contribution in [0.4, 0.5) is 0 Å². The van der Waals surface area contributed by atoms with E-state index >= 15 is 0 Å². The molecule has 0 aromatic carbocycles. The van der Waals surface area contributed by atoms with Crippen molar-refractivity contribution in [3.8, 4) is 0 Å². The average Bonchev–Trinajstić information content (AvgIpc) is 2.48. The third-order valence-corrected chi connectivity index (χ3v) is 4.85. The number of hydrogen-bond donors (Lipinski definition) is 2. The molecule has 0 aliphatic rings. The number of carbonyl (C=O) groups is 2. The van der Waals surface area contributed by atoms with E-state index in [0.29, 0.717) is 32.8 Å². The van der Waals surface area contributed by atoms with Crippen LogP contribution in [0.5, 0.6) is 0 Å². The molecule has 0 saturated heterocycles. The molecule has 0 spiro atoms. The van der Waals surface area contributed by atoms with Gasteiger partial charge in [-0.1, -0.05) is 27.7 Å². The fourth-order valence-corrected chi connectivity index (χ4v) is 1.92. The Labute approximate surface area is 146 Å². The van der Waals surface area contributed by atoms with Crippen LogP contribution in [0.25, 0.3) is 0 Å². The molecule has 1 atom stereocenters. The highest BCUT2D eigenvalue weighted by Gasteiger charge is 2.31. The first-order valence-corrected chi connectivity index (χ1v) is 8.72. The van der Waals surface area contributed by atoms with Crippen molar-refractivity contribution < 1.29 is 19.1 Å². The summed E-state index contributed by atoms with van der Waals surface area (Å²) in [5.41, 5.74) is -1.01. The van der Waals surface area contributed by atoms with Crippen LogP contribution < -0.4 is 5.32 Å². The summed E-state index contributed by atoms with van der Waals surface area (Å²) in [4.78, 5) is 23.7. The quantitative estimate of drug-likeness (QED) is 0.395. The summed E-state index contributed by atoms with van der Waals surface area (Å²) in [7, 11) is 0. The molecule has 5 nitrogen and oxygen atoms in total. The molecule has 0 aromatic rings. The molecule has 0 radical (unpaired) electrons. The molecule has 1 N–H and O–H groups in total. The number of ether oxygens (including phenoxy) is 2. The Morgan fingerprint density at radius 2 is 1.61 bits per heavy atom. The number of Topliss-reactive ketones (excluding diaryl/α,β-unsaturated/α-hetero) is 2. The van der Waals surface area contributed by atoms with Gasteiger partial charge >= 0.3 is 0 Å². The van der Waals surface area contributed by atoms with E-state index in [2.05, 4.69) is 17.9 Å². The third-order valence-electron chi connectivity index (χ3n) is 4.20. The first kappa shape index (κ1) is 22.6. The van der Waals surface area contributed by atoms with Crippen molar-refractivity contribution in [1.82, 2.24) is 5.32 Å². The first-order valence-electron chi connectivity index (χ1n) is 8.20. The lowest BCUT2D eigenvalue weighted by Crippen LogP contribution is -2.47. The van der Waals surface area contributed by atoms with Gasteiger partial charge < -0.3 is 14.8 Å². The summed E-state index contributed by atoms with van der Waals surface area (Å²) in [6.45, 7) is 13.2. The van der Waals surface area contributed by atoms with Gasteiger partial charge in [0.15, 0.2) is 11.6 Å². The summed E-state index contributed by atoms with van der Waals surface area (Å²) >= 11 is 4.33. The van der Waals surface area contributed by atoms with Crippen LogP contribution >= 0.6 is 12.6 Å². The Hall–Kier alpha value is -0.430. The van der Waals surface area contributed by atoms with Crippen LogP contribution in [-0.4, -0.2) is 55.3 Å². The number of carbonyl (C=O) groups excluding carboxylic acids is 2. The predicted molar refractivity (Wildman–Crippen MR) is 96.3 cm³/mol. The van der Waals surface area contributed by atoms with Crippen LogP contribution in [0, 0.1) is 5.41 Å².